The first-order valence-corrected chi connectivity index (χ1v) is 10.4. The maximum absolute atomic E-state index is 12.4. The summed E-state index contributed by atoms with van der Waals surface area (Å²) in [5.74, 6) is 0.104. The van der Waals surface area contributed by atoms with Crippen molar-refractivity contribution in [2.24, 2.45) is 0 Å². The summed E-state index contributed by atoms with van der Waals surface area (Å²) in [4.78, 5) is 1.87. The molecule has 7 nitrogen and oxygen atoms in total. The summed E-state index contributed by atoms with van der Waals surface area (Å²) in [6.45, 7) is 0.578. The number of nitrogens with zero attached hydrogens (tertiary/aromatic N) is 2. The van der Waals surface area contributed by atoms with Gasteiger partial charge in [-0.05, 0) is 24.4 Å². The maximum Gasteiger partial charge on any atom is 0.187 e. The Labute approximate surface area is 121 Å². The van der Waals surface area contributed by atoms with Crippen LogP contribution >= 0.6 is 11.5 Å². The monoisotopic (exact) mass is 337 g/mol. The SMILES string of the molecule is Nc1nsc(N2CCS(=O)(=O)CC2)c1S(=O)(=O)C1CC1. The first-order valence-electron chi connectivity index (χ1n) is 6.26. The summed E-state index contributed by atoms with van der Waals surface area (Å²) in [6, 6.07) is 0. The van der Waals surface area contributed by atoms with E-state index in [9.17, 15) is 16.8 Å². The fourth-order valence-corrected chi connectivity index (χ4v) is 6.49. The first kappa shape index (κ1) is 14.1. The fraction of sp³-hybridized carbons (Fsp3) is 0.700. The Kier molecular flexibility index (Phi) is 3.22. The van der Waals surface area contributed by atoms with Crippen molar-refractivity contribution < 1.29 is 16.8 Å². The van der Waals surface area contributed by atoms with Crippen molar-refractivity contribution in [3.8, 4) is 0 Å². The standard InChI is InChI=1S/C10H15N3O4S3/c11-9-8(20(16,17)7-1-2-7)10(18-12-9)13-3-5-19(14,15)6-4-13/h7H,1-6H2,(H2,11,12). The summed E-state index contributed by atoms with van der Waals surface area (Å²) >= 11 is 1.03. The largest absolute Gasteiger partial charge is 0.382 e. The van der Waals surface area contributed by atoms with Crippen molar-refractivity contribution in [2.45, 2.75) is 23.0 Å². The first-order chi connectivity index (χ1) is 9.31. The van der Waals surface area contributed by atoms with E-state index in [0.717, 1.165) is 11.5 Å². The number of aromatic nitrogens is 1. The molecule has 0 bridgehead atoms. The average Bonchev–Trinajstić information content (AvgIpc) is 3.14. The second-order valence-corrected chi connectivity index (χ2v) is 10.3. The zero-order chi connectivity index (χ0) is 14.5. The van der Waals surface area contributed by atoms with Gasteiger partial charge in [0, 0.05) is 13.1 Å². The minimum atomic E-state index is -3.43. The van der Waals surface area contributed by atoms with E-state index in [-0.39, 0.29) is 40.6 Å². The zero-order valence-corrected chi connectivity index (χ0v) is 13.1. The van der Waals surface area contributed by atoms with E-state index in [1.807, 2.05) is 0 Å². The Bertz CT molecular complexity index is 720. The van der Waals surface area contributed by atoms with E-state index >= 15 is 0 Å². The third-order valence-electron chi connectivity index (χ3n) is 3.54. The number of hydrogen-bond donors (Lipinski definition) is 1. The van der Waals surface area contributed by atoms with Crippen LogP contribution in [0.5, 0.6) is 0 Å². The topological polar surface area (TPSA) is 110 Å². The molecule has 20 heavy (non-hydrogen) atoms. The van der Waals surface area contributed by atoms with E-state index in [0.29, 0.717) is 17.8 Å². The van der Waals surface area contributed by atoms with Gasteiger partial charge in [-0.1, -0.05) is 0 Å². The molecule has 0 amide bonds. The molecule has 2 heterocycles. The quantitative estimate of drug-likeness (QED) is 0.819. The molecule has 1 saturated heterocycles. The minimum Gasteiger partial charge on any atom is -0.382 e. The summed E-state index contributed by atoms with van der Waals surface area (Å²) < 4.78 is 51.7. The van der Waals surface area contributed by atoms with Crippen molar-refractivity contribution in [1.29, 1.82) is 0 Å². The number of rotatable bonds is 3. The molecule has 1 aliphatic carbocycles. The Morgan fingerprint density at radius 3 is 2.40 bits per heavy atom. The Hall–Kier alpha value is -0.870. The highest BCUT2D eigenvalue weighted by molar-refractivity contribution is 7.92. The predicted octanol–water partition coefficient (Wildman–Crippen LogP) is -0.104. The van der Waals surface area contributed by atoms with E-state index < -0.39 is 19.7 Å². The summed E-state index contributed by atoms with van der Waals surface area (Å²) in [6.07, 6.45) is 1.32. The molecule has 112 valence electrons. The molecule has 1 aromatic heterocycles. The predicted molar refractivity (Wildman–Crippen MR) is 77.6 cm³/mol. The number of nitrogen functional groups attached to an aromatic ring is 1. The van der Waals surface area contributed by atoms with Gasteiger partial charge >= 0.3 is 0 Å². The number of nitrogens with two attached hydrogens (primary N) is 1. The fourth-order valence-electron chi connectivity index (χ4n) is 2.21. The molecular weight excluding hydrogens is 322 g/mol. The smallest absolute Gasteiger partial charge is 0.187 e. The third kappa shape index (κ3) is 2.40. The van der Waals surface area contributed by atoms with Gasteiger partial charge in [0.15, 0.2) is 25.5 Å². The molecule has 10 heteroatoms. The van der Waals surface area contributed by atoms with Crippen molar-refractivity contribution in [2.75, 3.05) is 35.2 Å². The Balaban J connectivity index is 1.96. The number of hydrogen-bond acceptors (Lipinski definition) is 8. The van der Waals surface area contributed by atoms with Crippen LogP contribution in [-0.4, -0.2) is 51.1 Å². The van der Waals surface area contributed by atoms with Gasteiger partial charge in [-0.15, -0.1) is 0 Å². The molecule has 1 saturated carbocycles. The molecule has 0 atom stereocenters. The highest BCUT2D eigenvalue weighted by atomic mass is 32.2. The maximum atomic E-state index is 12.4. The Morgan fingerprint density at radius 2 is 1.85 bits per heavy atom. The summed E-state index contributed by atoms with van der Waals surface area (Å²) in [5.41, 5.74) is 5.73. The van der Waals surface area contributed by atoms with Crippen molar-refractivity contribution in [1.82, 2.24) is 4.37 Å². The van der Waals surface area contributed by atoms with Crippen LogP contribution in [0.3, 0.4) is 0 Å². The van der Waals surface area contributed by atoms with Crippen LogP contribution in [0.2, 0.25) is 0 Å². The van der Waals surface area contributed by atoms with E-state index in [1.165, 1.54) is 0 Å². The lowest BCUT2D eigenvalue weighted by Crippen LogP contribution is -2.40. The molecular formula is C10H15N3O4S3. The van der Waals surface area contributed by atoms with Crippen LogP contribution in [0.4, 0.5) is 10.8 Å². The molecule has 3 rings (SSSR count). The zero-order valence-electron chi connectivity index (χ0n) is 10.6. The van der Waals surface area contributed by atoms with Gasteiger partial charge in [-0.2, -0.15) is 4.37 Å². The molecule has 1 aromatic rings. The van der Waals surface area contributed by atoms with Crippen LogP contribution in [0.25, 0.3) is 0 Å². The van der Waals surface area contributed by atoms with Crippen molar-refractivity contribution >= 4 is 42.0 Å². The number of sulfone groups is 2. The normalized spacial score (nSPS) is 22.9. The molecule has 2 aliphatic rings. The lowest BCUT2D eigenvalue weighted by atomic mass is 10.5. The van der Waals surface area contributed by atoms with Crippen molar-refractivity contribution in [3.05, 3.63) is 0 Å². The highest BCUT2D eigenvalue weighted by Gasteiger charge is 2.42. The van der Waals surface area contributed by atoms with E-state index in [4.69, 9.17) is 5.73 Å². The van der Waals surface area contributed by atoms with Gasteiger partial charge < -0.3 is 10.6 Å². The van der Waals surface area contributed by atoms with Gasteiger partial charge in [-0.25, -0.2) is 16.8 Å². The molecule has 1 aliphatic heterocycles. The van der Waals surface area contributed by atoms with E-state index in [1.54, 1.807) is 4.90 Å². The molecule has 2 fully saturated rings. The average molecular weight is 337 g/mol. The second-order valence-electron chi connectivity index (χ2n) is 5.09. The van der Waals surface area contributed by atoms with Crippen LogP contribution in [0.15, 0.2) is 4.90 Å². The molecule has 0 aromatic carbocycles. The van der Waals surface area contributed by atoms with Gasteiger partial charge in [-0.3, -0.25) is 0 Å². The molecule has 0 spiro atoms. The highest BCUT2D eigenvalue weighted by Crippen LogP contribution is 2.42. The summed E-state index contributed by atoms with van der Waals surface area (Å²) in [5, 5.41) is 0.137. The van der Waals surface area contributed by atoms with Gasteiger partial charge in [0.1, 0.15) is 9.90 Å². The van der Waals surface area contributed by atoms with Crippen LogP contribution < -0.4 is 10.6 Å². The van der Waals surface area contributed by atoms with Crippen molar-refractivity contribution in [3.63, 3.8) is 0 Å². The van der Waals surface area contributed by atoms with Crippen LogP contribution in [-0.2, 0) is 19.7 Å². The minimum absolute atomic E-state index is 0.0327. The van der Waals surface area contributed by atoms with Gasteiger partial charge in [0.05, 0.1) is 16.8 Å². The third-order valence-corrected chi connectivity index (χ3v) is 8.52. The molecule has 2 N–H and O–H groups in total. The lowest BCUT2D eigenvalue weighted by Gasteiger charge is -2.27. The molecule has 0 unspecified atom stereocenters. The van der Waals surface area contributed by atoms with Crippen LogP contribution in [0, 0.1) is 0 Å². The second kappa shape index (κ2) is 4.57. The van der Waals surface area contributed by atoms with Crippen LogP contribution in [0.1, 0.15) is 12.8 Å². The summed E-state index contributed by atoms with van der Waals surface area (Å²) in [7, 11) is -6.44. The number of anilines is 2. The lowest BCUT2D eigenvalue weighted by molar-refractivity contribution is 0.586. The van der Waals surface area contributed by atoms with Gasteiger partial charge in [0.25, 0.3) is 0 Å². The van der Waals surface area contributed by atoms with E-state index in [2.05, 4.69) is 4.37 Å². The molecule has 0 radical (unpaired) electrons. The van der Waals surface area contributed by atoms with Gasteiger partial charge in [0.2, 0.25) is 0 Å². The Morgan fingerprint density at radius 1 is 1.25 bits per heavy atom.